The molecule has 1 N–H and O–H groups in total. The summed E-state index contributed by atoms with van der Waals surface area (Å²) >= 11 is 7.26. The SMILES string of the molecule is C=CCn1c(SCC(=O)NCCc2ccc(Cl)cc2)nnc1-c1cccc(C)c1. The molecule has 0 unspecified atom stereocenters. The summed E-state index contributed by atoms with van der Waals surface area (Å²) in [6.07, 6.45) is 2.57. The zero-order valence-electron chi connectivity index (χ0n) is 16.3. The summed E-state index contributed by atoms with van der Waals surface area (Å²) in [5.74, 6) is 1.03. The van der Waals surface area contributed by atoms with Crippen LogP contribution in [0, 0.1) is 6.92 Å². The van der Waals surface area contributed by atoms with E-state index in [0.717, 1.165) is 28.9 Å². The molecule has 0 saturated heterocycles. The van der Waals surface area contributed by atoms with E-state index in [-0.39, 0.29) is 11.7 Å². The molecule has 0 aliphatic rings. The number of hydrogen-bond acceptors (Lipinski definition) is 4. The maximum absolute atomic E-state index is 12.2. The maximum atomic E-state index is 12.2. The predicted molar refractivity (Wildman–Crippen MR) is 119 cm³/mol. The molecule has 29 heavy (non-hydrogen) atoms. The lowest BCUT2D eigenvalue weighted by Crippen LogP contribution is -2.27. The molecule has 1 aromatic heterocycles. The number of nitrogens with one attached hydrogen (secondary N) is 1. The third kappa shape index (κ3) is 5.95. The third-order valence-electron chi connectivity index (χ3n) is 4.29. The van der Waals surface area contributed by atoms with Gasteiger partial charge in [0.15, 0.2) is 11.0 Å². The zero-order chi connectivity index (χ0) is 20.6. The van der Waals surface area contributed by atoms with Crippen molar-refractivity contribution in [2.45, 2.75) is 25.0 Å². The van der Waals surface area contributed by atoms with Gasteiger partial charge in [0.2, 0.25) is 5.91 Å². The second-order valence-electron chi connectivity index (χ2n) is 6.59. The molecule has 1 amide bonds. The van der Waals surface area contributed by atoms with Crippen LogP contribution in [0.15, 0.2) is 66.3 Å². The van der Waals surface area contributed by atoms with Crippen LogP contribution in [0.25, 0.3) is 11.4 Å². The molecular weight excluding hydrogens is 404 g/mol. The highest BCUT2D eigenvalue weighted by Crippen LogP contribution is 2.24. The number of aryl methyl sites for hydroxylation is 1. The van der Waals surface area contributed by atoms with Crippen LogP contribution in [0.1, 0.15) is 11.1 Å². The molecule has 0 bridgehead atoms. The molecule has 3 aromatic rings. The van der Waals surface area contributed by atoms with Gasteiger partial charge in [0.25, 0.3) is 0 Å². The van der Waals surface area contributed by atoms with Crippen molar-refractivity contribution in [1.82, 2.24) is 20.1 Å². The first kappa shape index (κ1) is 21.1. The number of nitrogens with zero attached hydrogens (tertiary/aromatic N) is 3. The van der Waals surface area contributed by atoms with Gasteiger partial charge >= 0.3 is 0 Å². The molecule has 0 fully saturated rings. The largest absolute Gasteiger partial charge is 0.355 e. The fraction of sp³-hybridized carbons (Fsp3) is 0.227. The lowest BCUT2D eigenvalue weighted by Gasteiger charge is -2.09. The van der Waals surface area contributed by atoms with Crippen LogP contribution >= 0.6 is 23.4 Å². The summed E-state index contributed by atoms with van der Waals surface area (Å²) in [7, 11) is 0. The number of aromatic nitrogens is 3. The van der Waals surface area contributed by atoms with E-state index in [0.29, 0.717) is 23.3 Å². The first-order valence-corrected chi connectivity index (χ1v) is 10.7. The Hall–Kier alpha value is -2.57. The number of thioether (sulfide) groups is 1. The number of hydrogen-bond donors (Lipinski definition) is 1. The normalized spacial score (nSPS) is 10.7. The Balaban J connectivity index is 1.57. The molecule has 0 aliphatic carbocycles. The van der Waals surface area contributed by atoms with Gasteiger partial charge in [0, 0.05) is 23.7 Å². The quantitative estimate of drug-likeness (QED) is 0.403. The van der Waals surface area contributed by atoms with Crippen molar-refractivity contribution in [3.05, 3.63) is 77.3 Å². The highest BCUT2D eigenvalue weighted by Gasteiger charge is 2.15. The molecule has 2 aromatic carbocycles. The Bertz CT molecular complexity index is 985. The molecule has 7 heteroatoms. The van der Waals surface area contributed by atoms with Gasteiger partial charge in [-0.2, -0.15) is 0 Å². The molecule has 150 valence electrons. The van der Waals surface area contributed by atoms with Crippen molar-refractivity contribution in [3.8, 4) is 11.4 Å². The summed E-state index contributed by atoms with van der Waals surface area (Å²) in [5.41, 5.74) is 3.29. The number of rotatable bonds is 9. The average Bonchev–Trinajstić information content (AvgIpc) is 3.11. The number of amides is 1. The molecule has 0 spiro atoms. The summed E-state index contributed by atoms with van der Waals surface area (Å²) in [5, 5.41) is 13.0. The van der Waals surface area contributed by atoms with E-state index in [4.69, 9.17) is 11.6 Å². The molecule has 3 rings (SSSR count). The van der Waals surface area contributed by atoms with Gasteiger partial charge in [-0.25, -0.2) is 0 Å². The maximum Gasteiger partial charge on any atom is 0.230 e. The molecular formula is C22H23ClN4OS. The van der Waals surface area contributed by atoms with E-state index in [9.17, 15) is 4.79 Å². The van der Waals surface area contributed by atoms with Gasteiger partial charge < -0.3 is 5.32 Å². The van der Waals surface area contributed by atoms with E-state index in [1.165, 1.54) is 11.8 Å². The monoisotopic (exact) mass is 426 g/mol. The second kappa shape index (κ2) is 10.3. The Labute approximate surface area is 180 Å². The van der Waals surface area contributed by atoms with Crippen molar-refractivity contribution in [2.24, 2.45) is 0 Å². The van der Waals surface area contributed by atoms with E-state index in [2.05, 4.69) is 28.2 Å². The minimum atomic E-state index is -0.0331. The third-order valence-corrected chi connectivity index (χ3v) is 5.50. The highest BCUT2D eigenvalue weighted by molar-refractivity contribution is 7.99. The number of halogens is 1. The summed E-state index contributed by atoms with van der Waals surface area (Å²) in [6, 6.07) is 15.8. The predicted octanol–water partition coefficient (Wildman–Crippen LogP) is 4.54. The Morgan fingerprint density at radius 1 is 1.24 bits per heavy atom. The second-order valence-corrected chi connectivity index (χ2v) is 7.97. The van der Waals surface area contributed by atoms with Crippen LogP contribution in [0.5, 0.6) is 0 Å². The molecule has 0 saturated carbocycles. The van der Waals surface area contributed by atoms with E-state index < -0.39 is 0 Å². The molecule has 1 heterocycles. The number of carbonyl (C=O) groups is 1. The minimum Gasteiger partial charge on any atom is -0.355 e. The lowest BCUT2D eigenvalue weighted by atomic mass is 10.1. The first-order chi connectivity index (χ1) is 14.1. The van der Waals surface area contributed by atoms with Gasteiger partial charge in [0.1, 0.15) is 0 Å². The topological polar surface area (TPSA) is 59.8 Å². The fourth-order valence-electron chi connectivity index (χ4n) is 2.87. The standard InChI is InChI=1S/C22H23ClN4OS/c1-3-13-27-21(18-6-4-5-16(2)14-18)25-26-22(27)29-15-20(28)24-12-11-17-7-9-19(23)10-8-17/h3-10,14H,1,11-13,15H2,2H3,(H,24,28). The molecule has 0 atom stereocenters. The number of allylic oxidation sites excluding steroid dienone is 1. The van der Waals surface area contributed by atoms with Crippen LogP contribution in [0.4, 0.5) is 0 Å². The minimum absolute atomic E-state index is 0.0331. The van der Waals surface area contributed by atoms with Gasteiger partial charge in [-0.15, -0.1) is 16.8 Å². The lowest BCUT2D eigenvalue weighted by molar-refractivity contribution is -0.118. The van der Waals surface area contributed by atoms with Crippen molar-refractivity contribution in [3.63, 3.8) is 0 Å². The number of benzene rings is 2. The van der Waals surface area contributed by atoms with Crippen LogP contribution in [0.2, 0.25) is 5.02 Å². The number of carbonyl (C=O) groups excluding carboxylic acids is 1. The van der Waals surface area contributed by atoms with Crippen LogP contribution in [0.3, 0.4) is 0 Å². The van der Waals surface area contributed by atoms with Crippen molar-refractivity contribution in [1.29, 1.82) is 0 Å². The van der Waals surface area contributed by atoms with Gasteiger partial charge in [-0.05, 0) is 37.1 Å². The molecule has 0 radical (unpaired) electrons. The van der Waals surface area contributed by atoms with Gasteiger partial charge in [0.05, 0.1) is 5.75 Å². The van der Waals surface area contributed by atoms with Crippen LogP contribution in [-0.4, -0.2) is 33.0 Å². The fourth-order valence-corrected chi connectivity index (χ4v) is 3.77. The van der Waals surface area contributed by atoms with Gasteiger partial charge in [-0.1, -0.05) is 65.3 Å². The average molecular weight is 427 g/mol. The van der Waals surface area contributed by atoms with Crippen molar-refractivity contribution < 1.29 is 4.79 Å². The Morgan fingerprint density at radius 3 is 2.76 bits per heavy atom. The van der Waals surface area contributed by atoms with E-state index in [1.54, 1.807) is 6.08 Å². The zero-order valence-corrected chi connectivity index (χ0v) is 17.8. The van der Waals surface area contributed by atoms with Crippen LogP contribution in [-0.2, 0) is 17.8 Å². The Morgan fingerprint density at radius 2 is 2.03 bits per heavy atom. The van der Waals surface area contributed by atoms with Crippen molar-refractivity contribution >= 4 is 29.3 Å². The smallest absolute Gasteiger partial charge is 0.230 e. The summed E-state index contributed by atoms with van der Waals surface area (Å²) in [6.45, 7) is 7.03. The first-order valence-electron chi connectivity index (χ1n) is 9.32. The van der Waals surface area contributed by atoms with E-state index >= 15 is 0 Å². The van der Waals surface area contributed by atoms with E-state index in [1.807, 2.05) is 54.0 Å². The molecule has 5 nitrogen and oxygen atoms in total. The summed E-state index contributed by atoms with van der Waals surface area (Å²) < 4.78 is 1.98. The molecule has 0 aliphatic heterocycles. The summed E-state index contributed by atoms with van der Waals surface area (Å²) in [4.78, 5) is 12.2. The Kier molecular flexibility index (Phi) is 7.49. The van der Waals surface area contributed by atoms with Crippen LogP contribution < -0.4 is 5.32 Å². The van der Waals surface area contributed by atoms with Gasteiger partial charge in [-0.3, -0.25) is 9.36 Å². The van der Waals surface area contributed by atoms with Crippen molar-refractivity contribution in [2.75, 3.05) is 12.3 Å². The highest BCUT2D eigenvalue weighted by atomic mass is 35.5.